The molecule has 0 atom stereocenters. The molecular formula is C18H22N2O. The number of benzene rings is 2. The third-order valence-electron chi connectivity index (χ3n) is 3.70. The lowest BCUT2D eigenvalue weighted by atomic mass is 10.0. The van der Waals surface area contributed by atoms with E-state index in [1.54, 1.807) is 0 Å². The Hall–Kier alpha value is -2.13. The van der Waals surface area contributed by atoms with Crippen LogP contribution in [0.2, 0.25) is 0 Å². The number of carbonyl (C=O) groups is 1. The summed E-state index contributed by atoms with van der Waals surface area (Å²) in [6.07, 6.45) is 1.28. The number of nitrogens with one attached hydrogen (secondary N) is 1. The first-order chi connectivity index (χ1) is 10.2. The highest BCUT2D eigenvalue weighted by atomic mass is 16.1. The Kier molecular flexibility index (Phi) is 5.52. The molecule has 2 aromatic rings. The van der Waals surface area contributed by atoms with E-state index in [1.807, 2.05) is 36.4 Å². The van der Waals surface area contributed by atoms with Crippen molar-refractivity contribution >= 4 is 5.91 Å². The minimum atomic E-state index is 0.0741. The van der Waals surface area contributed by atoms with Crippen LogP contribution < -0.4 is 11.1 Å². The van der Waals surface area contributed by atoms with Crippen LogP contribution in [0, 0.1) is 6.92 Å². The molecule has 0 unspecified atom stereocenters. The van der Waals surface area contributed by atoms with Crippen LogP contribution in [0.25, 0.3) is 0 Å². The maximum absolute atomic E-state index is 12.0. The van der Waals surface area contributed by atoms with Crippen molar-refractivity contribution < 1.29 is 4.79 Å². The summed E-state index contributed by atoms with van der Waals surface area (Å²) in [6.45, 7) is 3.11. The average Bonchev–Trinajstić information content (AvgIpc) is 2.52. The van der Waals surface area contributed by atoms with Crippen LogP contribution in [0.15, 0.2) is 48.5 Å². The van der Waals surface area contributed by atoms with E-state index in [9.17, 15) is 4.79 Å². The van der Waals surface area contributed by atoms with Crippen molar-refractivity contribution in [3.63, 3.8) is 0 Å². The van der Waals surface area contributed by atoms with Crippen LogP contribution in [0.5, 0.6) is 0 Å². The third-order valence-corrected chi connectivity index (χ3v) is 3.70. The van der Waals surface area contributed by atoms with Crippen LogP contribution >= 0.6 is 0 Å². The van der Waals surface area contributed by atoms with Gasteiger partial charge in [0.1, 0.15) is 0 Å². The second-order valence-corrected chi connectivity index (χ2v) is 5.18. The number of carbonyl (C=O) groups excluding carboxylic acids is 1. The van der Waals surface area contributed by atoms with E-state index in [0.29, 0.717) is 19.5 Å². The zero-order chi connectivity index (χ0) is 15.1. The van der Waals surface area contributed by atoms with Crippen molar-refractivity contribution in [1.82, 2.24) is 5.32 Å². The van der Waals surface area contributed by atoms with Crippen LogP contribution in [-0.4, -0.2) is 5.91 Å². The summed E-state index contributed by atoms with van der Waals surface area (Å²) in [5.41, 5.74) is 10.3. The normalized spacial score (nSPS) is 10.4. The van der Waals surface area contributed by atoms with Gasteiger partial charge in [0, 0.05) is 19.5 Å². The van der Waals surface area contributed by atoms with Crippen molar-refractivity contribution in [3.05, 3.63) is 70.8 Å². The predicted octanol–water partition coefficient (Wildman–Crippen LogP) is 2.70. The Balaban J connectivity index is 1.84. The second kappa shape index (κ2) is 7.60. The zero-order valence-electron chi connectivity index (χ0n) is 12.4. The maximum atomic E-state index is 12.0. The van der Waals surface area contributed by atoms with E-state index in [2.05, 4.69) is 24.4 Å². The molecule has 0 aliphatic rings. The molecule has 3 nitrogen and oxygen atoms in total. The van der Waals surface area contributed by atoms with Crippen LogP contribution in [0.1, 0.15) is 28.7 Å². The summed E-state index contributed by atoms with van der Waals surface area (Å²) < 4.78 is 0. The standard InChI is InChI=1S/C18H22N2O/c1-14-6-2-3-7-15(14)10-11-18(21)20-13-17-9-5-4-8-16(17)12-19/h2-9H,10-13,19H2,1H3,(H,20,21). The van der Waals surface area contributed by atoms with Gasteiger partial charge in [-0.3, -0.25) is 4.79 Å². The quantitative estimate of drug-likeness (QED) is 0.856. The molecule has 0 aliphatic heterocycles. The predicted molar refractivity (Wildman–Crippen MR) is 85.7 cm³/mol. The topological polar surface area (TPSA) is 55.1 Å². The summed E-state index contributed by atoms with van der Waals surface area (Å²) >= 11 is 0. The SMILES string of the molecule is Cc1ccccc1CCC(=O)NCc1ccccc1CN. The summed E-state index contributed by atoms with van der Waals surface area (Å²) in [5.74, 6) is 0.0741. The molecular weight excluding hydrogens is 260 g/mol. The van der Waals surface area contributed by atoms with Crippen LogP contribution in [-0.2, 0) is 24.3 Å². The molecule has 0 aromatic heterocycles. The molecule has 0 saturated carbocycles. The molecule has 1 amide bonds. The first-order valence-electron chi connectivity index (χ1n) is 7.28. The van der Waals surface area contributed by atoms with Crippen molar-refractivity contribution in [2.45, 2.75) is 32.9 Å². The highest BCUT2D eigenvalue weighted by molar-refractivity contribution is 5.76. The lowest BCUT2D eigenvalue weighted by Crippen LogP contribution is -2.24. The van der Waals surface area contributed by atoms with E-state index in [0.717, 1.165) is 17.5 Å². The molecule has 0 fully saturated rings. The van der Waals surface area contributed by atoms with Gasteiger partial charge in [-0.15, -0.1) is 0 Å². The fraction of sp³-hybridized carbons (Fsp3) is 0.278. The van der Waals surface area contributed by atoms with Gasteiger partial charge in [0.15, 0.2) is 0 Å². The molecule has 0 spiro atoms. The van der Waals surface area contributed by atoms with Crippen molar-refractivity contribution in [2.24, 2.45) is 5.73 Å². The lowest BCUT2D eigenvalue weighted by Gasteiger charge is -2.10. The van der Waals surface area contributed by atoms with E-state index in [-0.39, 0.29) is 5.91 Å². The average molecular weight is 282 g/mol. The number of rotatable bonds is 6. The Morgan fingerprint density at radius 1 is 1.00 bits per heavy atom. The van der Waals surface area contributed by atoms with E-state index < -0.39 is 0 Å². The van der Waals surface area contributed by atoms with E-state index in [4.69, 9.17) is 5.73 Å². The Bertz CT molecular complexity index is 608. The third kappa shape index (κ3) is 4.43. The highest BCUT2D eigenvalue weighted by Crippen LogP contribution is 2.10. The van der Waals surface area contributed by atoms with Crippen molar-refractivity contribution in [3.8, 4) is 0 Å². The Morgan fingerprint density at radius 2 is 1.62 bits per heavy atom. The van der Waals surface area contributed by atoms with Gasteiger partial charge in [0.25, 0.3) is 0 Å². The zero-order valence-corrected chi connectivity index (χ0v) is 12.4. The molecule has 110 valence electrons. The second-order valence-electron chi connectivity index (χ2n) is 5.18. The van der Waals surface area contributed by atoms with E-state index >= 15 is 0 Å². The first-order valence-corrected chi connectivity index (χ1v) is 7.28. The molecule has 3 heteroatoms. The fourth-order valence-electron chi connectivity index (χ4n) is 2.35. The smallest absolute Gasteiger partial charge is 0.220 e. The fourth-order valence-corrected chi connectivity index (χ4v) is 2.35. The Labute approximate surface area is 126 Å². The number of nitrogens with two attached hydrogens (primary N) is 1. The van der Waals surface area contributed by atoms with Gasteiger partial charge < -0.3 is 11.1 Å². The molecule has 0 aliphatic carbocycles. The monoisotopic (exact) mass is 282 g/mol. The summed E-state index contributed by atoms with van der Waals surface area (Å²) in [7, 11) is 0. The number of hydrogen-bond donors (Lipinski definition) is 2. The van der Waals surface area contributed by atoms with Gasteiger partial charge in [0.05, 0.1) is 0 Å². The largest absolute Gasteiger partial charge is 0.352 e. The van der Waals surface area contributed by atoms with Gasteiger partial charge in [-0.1, -0.05) is 48.5 Å². The van der Waals surface area contributed by atoms with Gasteiger partial charge in [-0.2, -0.15) is 0 Å². The molecule has 3 N–H and O–H groups in total. The summed E-state index contributed by atoms with van der Waals surface area (Å²) in [6, 6.07) is 16.1. The van der Waals surface area contributed by atoms with Crippen LogP contribution in [0.3, 0.4) is 0 Å². The minimum absolute atomic E-state index is 0.0741. The van der Waals surface area contributed by atoms with Crippen LogP contribution in [0.4, 0.5) is 0 Å². The molecule has 21 heavy (non-hydrogen) atoms. The highest BCUT2D eigenvalue weighted by Gasteiger charge is 2.05. The number of amides is 1. The van der Waals surface area contributed by atoms with Crippen molar-refractivity contribution in [2.75, 3.05) is 0 Å². The van der Waals surface area contributed by atoms with Gasteiger partial charge in [0.2, 0.25) is 5.91 Å². The molecule has 2 rings (SSSR count). The first kappa shape index (κ1) is 15.3. The molecule has 0 radical (unpaired) electrons. The maximum Gasteiger partial charge on any atom is 0.220 e. The molecule has 0 saturated heterocycles. The molecule has 0 heterocycles. The minimum Gasteiger partial charge on any atom is -0.352 e. The van der Waals surface area contributed by atoms with Gasteiger partial charge >= 0.3 is 0 Å². The number of hydrogen-bond acceptors (Lipinski definition) is 2. The summed E-state index contributed by atoms with van der Waals surface area (Å²) in [5, 5.41) is 2.97. The molecule has 2 aromatic carbocycles. The van der Waals surface area contributed by atoms with E-state index in [1.165, 1.54) is 11.1 Å². The van der Waals surface area contributed by atoms with Crippen molar-refractivity contribution in [1.29, 1.82) is 0 Å². The summed E-state index contributed by atoms with van der Waals surface area (Å²) in [4.78, 5) is 12.0. The van der Waals surface area contributed by atoms with Gasteiger partial charge in [-0.05, 0) is 35.6 Å². The molecule has 0 bridgehead atoms. The lowest BCUT2D eigenvalue weighted by molar-refractivity contribution is -0.121. The van der Waals surface area contributed by atoms with Gasteiger partial charge in [-0.25, -0.2) is 0 Å². The number of aryl methyl sites for hydroxylation is 2. The Morgan fingerprint density at radius 3 is 2.29 bits per heavy atom.